The number of hydrogen-bond donors (Lipinski definition) is 1. The van der Waals surface area contributed by atoms with Crippen LogP contribution >= 0.6 is 11.3 Å². The average Bonchev–Trinajstić information content (AvgIpc) is 3.32. The minimum Gasteiger partial charge on any atom is -0.497 e. The highest BCUT2D eigenvalue weighted by atomic mass is 32.1. The molecule has 0 fully saturated rings. The van der Waals surface area contributed by atoms with E-state index in [0.717, 1.165) is 44.7 Å². The van der Waals surface area contributed by atoms with Gasteiger partial charge < -0.3 is 9.47 Å². The van der Waals surface area contributed by atoms with Crippen LogP contribution in [0, 0.1) is 6.92 Å². The first-order chi connectivity index (χ1) is 15.7. The van der Waals surface area contributed by atoms with E-state index in [1.165, 1.54) is 16.9 Å². The number of fused-ring (bicyclic) bond motifs is 1. The van der Waals surface area contributed by atoms with Gasteiger partial charge >= 0.3 is 0 Å². The first-order valence-electron chi connectivity index (χ1n) is 10.4. The summed E-state index contributed by atoms with van der Waals surface area (Å²) >= 11 is 1.53. The molecule has 4 aromatic rings. The van der Waals surface area contributed by atoms with Gasteiger partial charge in [0.2, 0.25) is 5.13 Å². The fourth-order valence-corrected chi connectivity index (χ4v) is 4.41. The van der Waals surface area contributed by atoms with Gasteiger partial charge in [0, 0.05) is 22.9 Å². The molecule has 1 N–H and O–H groups in total. The molecule has 1 aromatic heterocycles. The van der Waals surface area contributed by atoms with Crippen LogP contribution in [0.15, 0.2) is 83.3 Å². The predicted molar refractivity (Wildman–Crippen MR) is 130 cm³/mol. The quantitative estimate of drug-likeness (QED) is 0.361. The Balaban J connectivity index is 1.41. The lowest BCUT2D eigenvalue weighted by Gasteiger charge is -2.27. The average molecular weight is 442 g/mol. The van der Waals surface area contributed by atoms with Gasteiger partial charge in [-0.05, 0) is 48.9 Å². The molecule has 0 spiro atoms. The number of nitrogens with zero attached hydrogens (tertiary/aromatic N) is 2. The normalized spacial score (nSPS) is 16.3. The SMILES string of the molecule is COc1ccc(-c2csc(N/N=C3/C[C@H](c4ccccc4)Oc4ccc(C)cc43)n2)cc1. The molecule has 0 saturated carbocycles. The van der Waals surface area contributed by atoms with Crippen molar-refractivity contribution in [3.63, 3.8) is 0 Å². The lowest BCUT2D eigenvalue weighted by Crippen LogP contribution is -2.22. The molecule has 0 unspecified atom stereocenters. The standard InChI is InChI=1S/C26H23N3O2S/c1-17-8-13-24-21(14-17)22(15-25(31-24)19-6-4-3-5-7-19)28-29-26-27-23(16-32-26)18-9-11-20(30-2)12-10-18/h3-14,16,25H,15H2,1-2H3,(H,27,29)/b28-22-/t25-/m1/s1. The van der Waals surface area contributed by atoms with Crippen LogP contribution < -0.4 is 14.9 Å². The van der Waals surface area contributed by atoms with E-state index in [4.69, 9.17) is 19.6 Å². The molecule has 2 heterocycles. The number of aryl methyl sites for hydroxylation is 1. The van der Waals surface area contributed by atoms with Crippen molar-refractivity contribution < 1.29 is 9.47 Å². The van der Waals surface area contributed by atoms with Crippen molar-refractivity contribution in [3.05, 3.63) is 94.9 Å². The summed E-state index contributed by atoms with van der Waals surface area (Å²) in [5.41, 5.74) is 9.43. The van der Waals surface area contributed by atoms with Crippen molar-refractivity contribution in [3.8, 4) is 22.8 Å². The molecule has 0 amide bonds. The molecule has 1 aliphatic rings. The van der Waals surface area contributed by atoms with Gasteiger partial charge in [0.25, 0.3) is 0 Å². The summed E-state index contributed by atoms with van der Waals surface area (Å²) in [6, 6.07) is 24.4. The van der Waals surface area contributed by atoms with Crippen molar-refractivity contribution in [1.82, 2.24) is 4.98 Å². The second-order valence-corrected chi connectivity index (χ2v) is 8.52. The van der Waals surface area contributed by atoms with Crippen molar-refractivity contribution in [1.29, 1.82) is 0 Å². The molecule has 0 aliphatic carbocycles. The molecule has 5 rings (SSSR count). The molecule has 0 bridgehead atoms. The molecule has 3 aromatic carbocycles. The van der Waals surface area contributed by atoms with Gasteiger partial charge in [0.15, 0.2) is 0 Å². The van der Waals surface area contributed by atoms with Gasteiger partial charge in [-0.25, -0.2) is 4.98 Å². The van der Waals surface area contributed by atoms with Crippen LogP contribution in [0.4, 0.5) is 5.13 Å². The Bertz CT molecular complexity index is 1250. The molecule has 160 valence electrons. The highest BCUT2D eigenvalue weighted by Crippen LogP contribution is 2.36. The molecule has 32 heavy (non-hydrogen) atoms. The van der Waals surface area contributed by atoms with Crippen LogP contribution in [0.3, 0.4) is 0 Å². The van der Waals surface area contributed by atoms with Crippen LogP contribution in [-0.2, 0) is 0 Å². The third kappa shape index (κ3) is 4.22. The number of nitrogens with one attached hydrogen (secondary N) is 1. The van der Waals surface area contributed by atoms with E-state index < -0.39 is 0 Å². The van der Waals surface area contributed by atoms with Crippen molar-refractivity contribution >= 4 is 22.2 Å². The minimum absolute atomic E-state index is 0.0712. The number of benzene rings is 3. The molecular formula is C26H23N3O2S. The van der Waals surface area contributed by atoms with E-state index >= 15 is 0 Å². The van der Waals surface area contributed by atoms with E-state index in [1.54, 1.807) is 7.11 Å². The largest absolute Gasteiger partial charge is 0.497 e. The highest BCUT2D eigenvalue weighted by molar-refractivity contribution is 7.14. The van der Waals surface area contributed by atoms with Crippen molar-refractivity contribution in [2.75, 3.05) is 12.5 Å². The Hall–Kier alpha value is -3.64. The molecule has 1 aliphatic heterocycles. The maximum atomic E-state index is 6.30. The van der Waals surface area contributed by atoms with Crippen molar-refractivity contribution in [2.24, 2.45) is 5.10 Å². The van der Waals surface area contributed by atoms with Gasteiger partial charge in [-0.3, -0.25) is 5.43 Å². The second-order valence-electron chi connectivity index (χ2n) is 7.66. The number of anilines is 1. The smallest absolute Gasteiger partial charge is 0.203 e. The van der Waals surface area contributed by atoms with E-state index in [9.17, 15) is 0 Å². The summed E-state index contributed by atoms with van der Waals surface area (Å²) in [6.07, 6.45) is 0.614. The maximum Gasteiger partial charge on any atom is 0.203 e. The summed E-state index contributed by atoms with van der Waals surface area (Å²) in [7, 11) is 1.66. The number of methoxy groups -OCH3 is 1. The Morgan fingerprint density at radius 1 is 1.06 bits per heavy atom. The fraction of sp³-hybridized carbons (Fsp3) is 0.154. The maximum absolute atomic E-state index is 6.30. The van der Waals surface area contributed by atoms with E-state index in [2.05, 4.69) is 36.6 Å². The summed E-state index contributed by atoms with van der Waals surface area (Å²) in [5.74, 6) is 1.68. The summed E-state index contributed by atoms with van der Waals surface area (Å²) < 4.78 is 11.5. The Kier molecular flexibility index (Phi) is 5.60. The Morgan fingerprint density at radius 2 is 1.88 bits per heavy atom. The lowest BCUT2D eigenvalue weighted by atomic mass is 9.94. The number of ether oxygens (including phenoxy) is 2. The zero-order chi connectivity index (χ0) is 21.9. The van der Waals surface area contributed by atoms with Gasteiger partial charge in [0.1, 0.15) is 17.6 Å². The molecule has 5 nitrogen and oxygen atoms in total. The number of hydrazone groups is 1. The Labute approximate surface area is 191 Å². The first kappa shape index (κ1) is 20.3. The van der Waals surface area contributed by atoms with Gasteiger partial charge in [-0.15, -0.1) is 11.3 Å². The summed E-state index contributed by atoms with van der Waals surface area (Å²) in [5, 5.41) is 7.54. The van der Waals surface area contributed by atoms with Crippen LogP contribution in [0.5, 0.6) is 11.5 Å². The molecule has 0 saturated heterocycles. The van der Waals surface area contributed by atoms with E-state index in [1.807, 2.05) is 53.9 Å². The highest BCUT2D eigenvalue weighted by Gasteiger charge is 2.26. The van der Waals surface area contributed by atoms with Gasteiger partial charge in [-0.2, -0.15) is 5.10 Å². The van der Waals surface area contributed by atoms with E-state index in [0.29, 0.717) is 6.42 Å². The summed E-state index contributed by atoms with van der Waals surface area (Å²) in [4.78, 5) is 4.70. The topological polar surface area (TPSA) is 55.7 Å². The number of hydrogen-bond acceptors (Lipinski definition) is 6. The third-order valence-electron chi connectivity index (χ3n) is 5.44. The van der Waals surface area contributed by atoms with Gasteiger partial charge in [-0.1, -0.05) is 42.0 Å². The van der Waals surface area contributed by atoms with Gasteiger partial charge in [0.05, 0.1) is 18.5 Å². The van der Waals surface area contributed by atoms with E-state index in [-0.39, 0.29) is 6.10 Å². The monoisotopic (exact) mass is 441 g/mol. The zero-order valence-electron chi connectivity index (χ0n) is 17.9. The predicted octanol–water partition coefficient (Wildman–Crippen LogP) is 6.47. The van der Waals surface area contributed by atoms with Crippen LogP contribution in [0.1, 0.15) is 29.2 Å². The zero-order valence-corrected chi connectivity index (χ0v) is 18.7. The molecular weight excluding hydrogens is 418 g/mol. The number of thiazole rings is 1. The molecule has 0 radical (unpaired) electrons. The lowest BCUT2D eigenvalue weighted by molar-refractivity contribution is 0.206. The number of rotatable bonds is 5. The minimum atomic E-state index is -0.0712. The first-order valence-corrected chi connectivity index (χ1v) is 11.3. The van der Waals surface area contributed by atoms with Crippen LogP contribution in [-0.4, -0.2) is 17.8 Å². The molecule has 1 atom stereocenters. The van der Waals surface area contributed by atoms with Crippen LogP contribution in [0.25, 0.3) is 11.3 Å². The van der Waals surface area contributed by atoms with Crippen molar-refractivity contribution in [2.45, 2.75) is 19.4 Å². The summed E-state index contributed by atoms with van der Waals surface area (Å²) in [6.45, 7) is 2.08. The molecule has 6 heteroatoms. The number of aromatic nitrogens is 1. The Morgan fingerprint density at radius 3 is 2.66 bits per heavy atom. The third-order valence-corrected chi connectivity index (χ3v) is 6.19. The second kappa shape index (κ2) is 8.85. The van der Waals surface area contributed by atoms with Crippen LogP contribution in [0.2, 0.25) is 0 Å². The fourth-order valence-electron chi connectivity index (χ4n) is 3.75.